The van der Waals surface area contributed by atoms with Crippen molar-refractivity contribution in [2.75, 3.05) is 6.61 Å². The first-order valence-corrected chi connectivity index (χ1v) is 12.7. The van der Waals surface area contributed by atoms with Gasteiger partial charge in [-0.3, -0.25) is 0 Å². The van der Waals surface area contributed by atoms with Crippen LogP contribution in [0, 0.1) is 11.8 Å². The van der Waals surface area contributed by atoms with Crippen LogP contribution >= 0.6 is 15.9 Å². The predicted octanol–water partition coefficient (Wildman–Crippen LogP) is 8.21. The molecule has 3 nitrogen and oxygen atoms in total. The second kappa shape index (κ2) is 12.9. The highest BCUT2D eigenvalue weighted by molar-refractivity contribution is 9.10. The van der Waals surface area contributed by atoms with Crippen molar-refractivity contribution < 1.29 is 14.3 Å². The summed E-state index contributed by atoms with van der Waals surface area (Å²) in [7, 11) is 0. The molecule has 2 unspecified atom stereocenters. The number of ether oxygens (including phenoxy) is 2. The van der Waals surface area contributed by atoms with Crippen LogP contribution < -0.4 is 9.47 Å². The molecule has 0 amide bonds. The number of esters is 1. The Bertz CT molecular complexity index is 785. The van der Waals surface area contributed by atoms with Crippen molar-refractivity contribution in [2.45, 2.75) is 71.1 Å². The van der Waals surface area contributed by atoms with Crippen LogP contribution in [-0.4, -0.2) is 12.6 Å². The number of carbonyl (C=O) groups excluding carboxylic acids is 1. The average Bonchev–Trinajstić information content (AvgIpc) is 2.79. The van der Waals surface area contributed by atoms with Crippen molar-refractivity contribution >= 4 is 21.9 Å². The zero-order chi connectivity index (χ0) is 21.9. The van der Waals surface area contributed by atoms with Crippen molar-refractivity contribution in [1.82, 2.24) is 0 Å². The third-order valence-electron chi connectivity index (χ3n) is 6.35. The van der Waals surface area contributed by atoms with Crippen molar-refractivity contribution in [1.29, 1.82) is 0 Å². The molecule has 1 fully saturated rings. The van der Waals surface area contributed by atoms with Crippen LogP contribution in [0.25, 0.3) is 0 Å². The highest BCUT2D eigenvalue weighted by Gasteiger charge is 2.24. The minimum absolute atomic E-state index is 0.361. The van der Waals surface area contributed by atoms with Gasteiger partial charge in [0.25, 0.3) is 0 Å². The number of unbranched alkanes of at least 4 members (excludes halogenated alkanes) is 2. The minimum atomic E-state index is -0.361. The van der Waals surface area contributed by atoms with Crippen LogP contribution in [0.3, 0.4) is 0 Å². The summed E-state index contributed by atoms with van der Waals surface area (Å²) >= 11 is 3.37. The highest BCUT2D eigenvalue weighted by Crippen LogP contribution is 2.36. The van der Waals surface area contributed by atoms with Gasteiger partial charge in [-0.2, -0.15) is 0 Å². The first kappa shape index (κ1) is 23.8. The number of benzene rings is 2. The van der Waals surface area contributed by atoms with Gasteiger partial charge in [-0.1, -0.05) is 74.2 Å². The maximum absolute atomic E-state index is 12.3. The molecule has 2 aromatic rings. The topological polar surface area (TPSA) is 35.5 Å². The molecule has 0 spiro atoms. The molecule has 3 rings (SSSR count). The first-order valence-electron chi connectivity index (χ1n) is 11.9. The highest BCUT2D eigenvalue weighted by atomic mass is 79.9. The molecule has 0 aliphatic heterocycles. The Morgan fingerprint density at radius 2 is 1.48 bits per heavy atom. The standard InChI is InChI=1S/C27H35BrO3/c1-2-3-4-8-21-9-5-6-10-22(21)11-7-20-30-25-16-12-23(13-17-25)27(29)31-26-18-14-24(28)15-19-26/h12-19,21-22H,2-11,20H2,1H3. The molecule has 0 heterocycles. The fourth-order valence-corrected chi connectivity index (χ4v) is 4.86. The van der Waals surface area contributed by atoms with Crippen LogP contribution in [0.1, 0.15) is 81.5 Å². The molecule has 1 aliphatic carbocycles. The summed E-state index contributed by atoms with van der Waals surface area (Å²) in [6.45, 7) is 3.02. The van der Waals surface area contributed by atoms with Crippen LogP contribution in [-0.2, 0) is 0 Å². The van der Waals surface area contributed by atoms with E-state index >= 15 is 0 Å². The predicted molar refractivity (Wildman–Crippen MR) is 130 cm³/mol. The quantitative estimate of drug-likeness (QED) is 0.182. The van der Waals surface area contributed by atoms with Crippen molar-refractivity contribution in [2.24, 2.45) is 11.8 Å². The molecular weight excluding hydrogens is 452 g/mol. The van der Waals surface area contributed by atoms with E-state index in [4.69, 9.17) is 9.47 Å². The van der Waals surface area contributed by atoms with Gasteiger partial charge in [-0.25, -0.2) is 4.79 Å². The van der Waals surface area contributed by atoms with E-state index in [0.29, 0.717) is 11.3 Å². The van der Waals surface area contributed by atoms with Gasteiger partial charge in [0.2, 0.25) is 0 Å². The Morgan fingerprint density at radius 1 is 0.871 bits per heavy atom. The number of hydrogen-bond acceptors (Lipinski definition) is 3. The third kappa shape index (κ3) is 7.99. The van der Waals surface area contributed by atoms with E-state index in [1.807, 2.05) is 24.3 Å². The largest absolute Gasteiger partial charge is 0.494 e. The Morgan fingerprint density at radius 3 is 2.13 bits per heavy atom. The molecule has 2 atom stereocenters. The van der Waals surface area contributed by atoms with E-state index in [9.17, 15) is 4.79 Å². The lowest BCUT2D eigenvalue weighted by molar-refractivity contribution is 0.0734. The van der Waals surface area contributed by atoms with E-state index in [0.717, 1.165) is 35.1 Å². The molecule has 1 aliphatic rings. The van der Waals surface area contributed by atoms with Crippen LogP contribution in [0.15, 0.2) is 53.0 Å². The molecule has 0 saturated heterocycles. The van der Waals surface area contributed by atoms with Crippen LogP contribution in [0.5, 0.6) is 11.5 Å². The van der Waals surface area contributed by atoms with Gasteiger partial charge in [0, 0.05) is 4.47 Å². The van der Waals surface area contributed by atoms with Crippen molar-refractivity contribution in [3.05, 3.63) is 58.6 Å². The van der Waals surface area contributed by atoms with E-state index in [-0.39, 0.29) is 5.97 Å². The lowest BCUT2D eigenvalue weighted by atomic mass is 9.74. The summed E-state index contributed by atoms with van der Waals surface area (Å²) in [6.07, 6.45) is 13.5. The number of rotatable bonds is 11. The number of halogens is 1. The SMILES string of the molecule is CCCCCC1CCCCC1CCCOc1ccc(C(=O)Oc2ccc(Br)cc2)cc1. The molecule has 1 saturated carbocycles. The molecule has 31 heavy (non-hydrogen) atoms. The fraction of sp³-hybridized carbons (Fsp3) is 0.519. The summed E-state index contributed by atoms with van der Waals surface area (Å²) in [6, 6.07) is 14.5. The second-order valence-corrected chi connectivity index (χ2v) is 9.57. The molecule has 0 aromatic heterocycles. The van der Waals surface area contributed by atoms with Crippen LogP contribution in [0.4, 0.5) is 0 Å². The monoisotopic (exact) mass is 486 g/mol. The van der Waals surface area contributed by atoms with Gasteiger partial charge in [-0.05, 0) is 73.2 Å². The molecule has 2 aromatic carbocycles. The second-order valence-electron chi connectivity index (χ2n) is 8.66. The zero-order valence-corrected chi connectivity index (χ0v) is 20.2. The normalized spacial score (nSPS) is 18.5. The van der Waals surface area contributed by atoms with E-state index in [1.54, 1.807) is 24.3 Å². The zero-order valence-electron chi connectivity index (χ0n) is 18.7. The first-order chi connectivity index (χ1) is 15.2. The summed E-state index contributed by atoms with van der Waals surface area (Å²) in [4.78, 5) is 12.3. The molecule has 168 valence electrons. The molecule has 4 heteroatoms. The average molecular weight is 487 g/mol. The van der Waals surface area contributed by atoms with Gasteiger partial charge in [0.1, 0.15) is 11.5 Å². The molecule has 0 bridgehead atoms. The van der Waals surface area contributed by atoms with Crippen molar-refractivity contribution in [3.8, 4) is 11.5 Å². The Kier molecular flexibility index (Phi) is 9.92. The summed E-state index contributed by atoms with van der Waals surface area (Å²) in [5, 5.41) is 0. The molecule has 0 N–H and O–H groups in total. The molecular formula is C27H35BrO3. The lowest BCUT2D eigenvalue weighted by Gasteiger charge is -2.31. The Hall–Kier alpha value is -1.81. The number of carbonyl (C=O) groups is 1. The number of hydrogen-bond donors (Lipinski definition) is 0. The van der Waals surface area contributed by atoms with E-state index < -0.39 is 0 Å². The van der Waals surface area contributed by atoms with Crippen molar-refractivity contribution in [3.63, 3.8) is 0 Å². The van der Waals surface area contributed by atoms with Gasteiger partial charge in [-0.15, -0.1) is 0 Å². The fourth-order valence-electron chi connectivity index (χ4n) is 4.59. The summed E-state index contributed by atoms with van der Waals surface area (Å²) in [5.74, 6) is 2.79. The third-order valence-corrected chi connectivity index (χ3v) is 6.88. The smallest absolute Gasteiger partial charge is 0.343 e. The van der Waals surface area contributed by atoms with Crippen LogP contribution in [0.2, 0.25) is 0 Å². The Balaban J connectivity index is 1.39. The summed E-state index contributed by atoms with van der Waals surface area (Å²) in [5.41, 5.74) is 0.521. The van der Waals surface area contributed by atoms with E-state index in [1.165, 1.54) is 57.8 Å². The molecule has 0 radical (unpaired) electrons. The maximum Gasteiger partial charge on any atom is 0.343 e. The maximum atomic E-state index is 12.3. The summed E-state index contributed by atoms with van der Waals surface area (Å²) < 4.78 is 12.3. The minimum Gasteiger partial charge on any atom is -0.494 e. The van der Waals surface area contributed by atoms with Gasteiger partial charge in [0.15, 0.2) is 0 Å². The van der Waals surface area contributed by atoms with Gasteiger partial charge < -0.3 is 9.47 Å². The Labute approximate surface area is 195 Å². The van der Waals surface area contributed by atoms with Gasteiger partial charge >= 0.3 is 5.97 Å². The van der Waals surface area contributed by atoms with Gasteiger partial charge in [0.05, 0.1) is 12.2 Å². The lowest BCUT2D eigenvalue weighted by Crippen LogP contribution is -2.20. The van der Waals surface area contributed by atoms with E-state index in [2.05, 4.69) is 22.9 Å².